The lowest BCUT2D eigenvalue weighted by molar-refractivity contribution is -0.118. The molecule has 0 spiro atoms. The molecule has 3 aromatic rings. The highest BCUT2D eigenvalue weighted by molar-refractivity contribution is 5.99. The molecule has 1 saturated heterocycles. The number of nitrogens with one attached hydrogen (secondary N) is 1. The van der Waals surface area contributed by atoms with Gasteiger partial charge in [-0.3, -0.25) is 9.59 Å². The lowest BCUT2D eigenvalue weighted by Crippen LogP contribution is -2.40. The van der Waals surface area contributed by atoms with Crippen LogP contribution in [0.5, 0.6) is 11.5 Å². The van der Waals surface area contributed by atoms with Gasteiger partial charge < -0.3 is 24.4 Å². The highest BCUT2D eigenvalue weighted by Crippen LogP contribution is 2.39. The second kappa shape index (κ2) is 12.8. The van der Waals surface area contributed by atoms with Crippen LogP contribution in [0.3, 0.4) is 0 Å². The Kier molecular flexibility index (Phi) is 8.73. The van der Waals surface area contributed by atoms with Crippen LogP contribution in [0.2, 0.25) is 0 Å². The summed E-state index contributed by atoms with van der Waals surface area (Å²) in [5.74, 6) is 1.57. The molecule has 7 nitrogen and oxygen atoms in total. The van der Waals surface area contributed by atoms with Crippen molar-refractivity contribution in [3.05, 3.63) is 89.5 Å². The van der Waals surface area contributed by atoms with E-state index < -0.39 is 6.67 Å². The molecule has 1 N–H and O–H groups in total. The molecule has 1 atom stereocenters. The summed E-state index contributed by atoms with van der Waals surface area (Å²) in [6, 6.07) is 23.8. The minimum atomic E-state index is -0.501. The van der Waals surface area contributed by atoms with E-state index in [1.54, 1.807) is 18.2 Å². The fraction of sp³-hybridized carbons (Fsp3) is 0.355. The Hall–Kier alpha value is -3.91. The van der Waals surface area contributed by atoms with Crippen molar-refractivity contribution in [3.63, 3.8) is 0 Å². The van der Waals surface area contributed by atoms with E-state index in [0.717, 1.165) is 18.6 Å². The summed E-state index contributed by atoms with van der Waals surface area (Å²) in [5.41, 5.74) is 3.47. The maximum absolute atomic E-state index is 13.3. The predicted molar refractivity (Wildman–Crippen MR) is 146 cm³/mol. The summed E-state index contributed by atoms with van der Waals surface area (Å²) in [6.45, 7) is 1.56. The van der Waals surface area contributed by atoms with Gasteiger partial charge in [-0.2, -0.15) is 0 Å². The summed E-state index contributed by atoms with van der Waals surface area (Å²) in [7, 11) is 0. The van der Waals surface area contributed by atoms with Crippen LogP contribution in [0.15, 0.2) is 72.8 Å². The van der Waals surface area contributed by atoms with Crippen molar-refractivity contribution < 1.29 is 28.2 Å². The van der Waals surface area contributed by atoms with Gasteiger partial charge in [-0.25, -0.2) is 4.39 Å². The van der Waals surface area contributed by atoms with Crippen molar-refractivity contribution in [2.24, 2.45) is 5.92 Å². The number of amides is 2. The summed E-state index contributed by atoms with van der Waals surface area (Å²) in [4.78, 5) is 26.9. The predicted octanol–water partition coefficient (Wildman–Crippen LogP) is 5.07. The standard InChI is InChI=1S/C31H33FN2O5/c32-13-16-37-17-18-38-26-8-4-7-24(19-26)30(22-5-2-1-3-6-22)23-11-14-34(15-12-23)31(36)25-9-10-28-27(20-25)33-29(35)21-39-28/h1-10,19-20,23,30H,11-18,21H2,(H,33,35)/t30-/m1/s1. The average Bonchev–Trinajstić information content (AvgIpc) is 2.97. The third-order valence-corrected chi connectivity index (χ3v) is 7.25. The van der Waals surface area contributed by atoms with Gasteiger partial charge in [0.25, 0.3) is 11.8 Å². The topological polar surface area (TPSA) is 77.1 Å². The van der Waals surface area contributed by atoms with E-state index in [4.69, 9.17) is 14.2 Å². The Morgan fingerprint density at radius 1 is 0.974 bits per heavy atom. The fourth-order valence-corrected chi connectivity index (χ4v) is 5.40. The number of likely N-dealkylation sites (tertiary alicyclic amines) is 1. The molecule has 3 aromatic carbocycles. The molecule has 0 saturated carbocycles. The Morgan fingerprint density at radius 3 is 2.56 bits per heavy atom. The summed E-state index contributed by atoms with van der Waals surface area (Å²) in [6.07, 6.45) is 1.72. The van der Waals surface area contributed by atoms with Crippen molar-refractivity contribution in [1.82, 2.24) is 4.90 Å². The third kappa shape index (κ3) is 6.57. The first-order valence-corrected chi connectivity index (χ1v) is 13.4. The first-order chi connectivity index (χ1) is 19.1. The van der Waals surface area contributed by atoms with Gasteiger partial charge in [0.1, 0.15) is 24.8 Å². The highest BCUT2D eigenvalue weighted by atomic mass is 19.1. The minimum Gasteiger partial charge on any atom is -0.491 e. The monoisotopic (exact) mass is 532 g/mol. The number of halogens is 1. The Morgan fingerprint density at radius 2 is 1.77 bits per heavy atom. The van der Waals surface area contributed by atoms with E-state index in [-0.39, 0.29) is 30.9 Å². The Labute approximate surface area is 227 Å². The van der Waals surface area contributed by atoms with Crippen molar-refractivity contribution >= 4 is 17.5 Å². The number of rotatable bonds is 10. The third-order valence-electron chi connectivity index (χ3n) is 7.25. The minimum absolute atomic E-state index is 0.0136. The van der Waals surface area contributed by atoms with Crippen molar-refractivity contribution in [2.45, 2.75) is 18.8 Å². The van der Waals surface area contributed by atoms with Crippen LogP contribution >= 0.6 is 0 Å². The zero-order valence-corrected chi connectivity index (χ0v) is 21.8. The molecule has 2 heterocycles. The fourth-order valence-electron chi connectivity index (χ4n) is 5.40. The highest BCUT2D eigenvalue weighted by Gasteiger charge is 2.31. The van der Waals surface area contributed by atoms with Gasteiger partial charge in [0.2, 0.25) is 0 Å². The van der Waals surface area contributed by atoms with Gasteiger partial charge in [0.15, 0.2) is 6.61 Å². The van der Waals surface area contributed by atoms with E-state index in [9.17, 15) is 14.0 Å². The first kappa shape index (κ1) is 26.7. The number of piperidine rings is 1. The first-order valence-electron chi connectivity index (χ1n) is 13.4. The van der Waals surface area contributed by atoms with E-state index in [2.05, 4.69) is 41.7 Å². The number of hydrogen-bond acceptors (Lipinski definition) is 5. The van der Waals surface area contributed by atoms with Crippen LogP contribution in [0, 0.1) is 5.92 Å². The quantitative estimate of drug-likeness (QED) is 0.369. The van der Waals surface area contributed by atoms with E-state index in [1.807, 2.05) is 23.1 Å². The molecule has 204 valence electrons. The molecule has 0 bridgehead atoms. The number of alkyl halides is 1. The van der Waals surface area contributed by atoms with Gasteiger partial charge >= 0.3 is 0 Å². The lowest BCUT2D eigenvalue weighted by Gasteiger charge is -2.37. The largest absolute Gasteiger partial charge is 0.491 e. The Bertz CT molecular complexity index is 1280. The molecule has 5 rings (SSSR count). The number of carbonyl (C=O) groups is 2. The van der Waals surface area contributed by atoms with Crippen molar-refractivity contribution in [3.8, 4) is 11.5 Å². The van der Waals surface area contributed by atoms with Crippen LogP contribution in [-0.2, 0) is 9.53 Å². The number of carbonyl (C=O) groups excluding carboxylic acids is 2. The molecule has 2 amide bonds. The van der Waals surface area contributed by atoms with Crippen LogP contribution < -0.4 is 14.8 Å². The number of nitrogens with zero attached hydrogens (tertiary/aromatic N) is 1. The summed E-state index contributed by atoms with van der Waals surface area (Å²) in [5, 5.41) is 2.78. The molecule has 0 radical (unpaired) electrons. The van der Waals surface area contributed by atoms with Gasteiger partial charge in [0.05, 0.1) is 18.9 Å². The van der Waals surface area contributed by atoms with Crippen LogP contribution in [0.25, 0.3) is 0 Å². The van der Waals surface area contributed by atoms with Gasteiger partial charge in [-0.1, -0.05) is 42.5 Å². The van der Waals surface area contributed by atoms with Crippen LogP contribution in [-0.4, -0.2) is 62.9 Å². The number of anilines is 1. The smallest absolute Gasteiger partial charge is 0.262 e. The average molecular weight is 533 g/mol. The molecule has 39 heavy (non-hydrogen) atoms. The van der Waals surface area contributed by atoms with Gasteiger partial charge in [-0.05, 0) is 60.2 Å². The van der Waals surface area contributed by atoms with Crippen LogP contribution in [0.4, 0.5) is 10.1 Å². The second-order valence-electron chi connectivity index (χ2n) is 9.79. The van der Waals surface area contributed by atoms with E-state index >= 15 is 0 Å². The molecule has 1 fully saturated rings. The number of benzene rings is 3. The summed E-state index contributed by atoms with van der Waals surface area (Å²) < 4.78 is 28.7. The molecule has 2 aliphatic heterocycles. The zero-order valence-electron chi connectivity index (χ0n) is 21.8. The maximum atomic E-state index is 13.3. The maximum Gasteiger partial charge on any atom is 0.262 e. The van der Waals surface area contributed by atoms with Gasteiger partial charge in [0, 0.05) is 24.6 Å². The van der Waals surface area contributed by atoms with Crippen molar-refractivity contribution in [2.75, 3.05) is 51.5 Å². The number of fused-ring (bicyclic) bond motifs is 1. The SMILES string of the molecule is O=C1COc2ccc(C(=O)N3CCC([C@@H](c4ccccc4)c4cccc(OCCOCCF)c4)CC3)cc2N1. The van der Waals surface area contributed by atoms with Crippen molar-refractivity contribution in [1.29, 1.82) is 0 Å². The molecule has 0 aliphatic carbocycles. The second-order valence-corrected chi connectivity index (χ2v) is 9.79. The number of hydrogen-bond donors (Lipinski definition) is 1. The zero-order chi connectivity index (χ0) is 27.0. The molecule has 0 unspecified atom stereocenters. The molecule has 0 aromatic heterocycles. The van der Waals surface area contributed by atoms with Gasteiger partial charge in [-0.15, -0.1) is 0 Å². The molecular weight excluding hydrogens is 499 g/mol. The summed E-state index contributed by atoms with van der Waals surface area (Å²) >= 11 is 0. The molecule has 8 heteroatoms. The van der Waals surface area contributed by atoms with Crippen LogP contribution in [0.1, 0.15) is 40.2 Å². The number of ether oxygens (including phenoxy) is 3. The normalized spacial score (nSPS) is 16.1. The Balaban J connectivity index is 1.27. The van der Waals surface area contributed by atoms with E-state index in [0.29, 0.717) is 49.2 Å². The lowest BCUT2D eigenvalue weighted by atomic mass is 9.76. The molecule has 2 aliphatic rings. The molecular formula is C31H33FN2O5. The van der Waals surface area contributed by atoms with E-state index in [1.165, 1.54) is 11.1 Å².